The maximum Gasteiger partial charge on any atom is 0.335 e. The SMILES string of the molecule is O=C(O)c1ccc(OCCOCCc2cccs2)cc1. The number of carboxylic acid groups (broad SMARTS) is 1. The molecule has 0 aliphatic carbocycles. The van der Waals surface area contributed by atoms with Gasteiger partial charge in [0.1, 0.15) is 12.4 Å². The molecule has 106 valence electrons. The van der Waals surface area contributed by atoms with Gasteiger partial charge >= 0.3 is 5.97 Å². The first-order valence-corrected chi connectivity index (χ1v) is 7.20. The van der Waals surface area contributed by atoms with Gasteiger partial charge in [0.05, 0.1) is 18.8 Å². The van der Waals surface area contributed by atoms with Crippen LogP contribution in [0.3, 0.4) is 0 Å². The first-order valence-electron chi connectivity index (χ1n) is 6.32. The van der Waals surface area contributed by atoms with Crippen LogP contribution in [0.15, 0.2) is 41.8 Å². The zero-order chi connectivity index (χ0) is 14.2. The van der Waals surface area contributed by atoms with Gasteiger partial charge in [-0.15, -0.1) is 11.3 Å². The van der Waals surface area contributed by atoms with E-state index in [0.717, 1.165) is 6.42 Å². The molecule has 0 spiro atoms. The minimum absolute atomic E-state index is 0.254. The molecule has 0 aliphatic heterocycles. The summed E-state index contributed by atoms with van der Waals surface area (Å²) in [4.78, 5) is 12.0. The zero-order valence-corrected chi connectivity index (χ0v) is 11.8. The van der Waals surface area contributed by atoms with Gasteiger partial charge in [0.25, 0.3) is 0 Å². The fourth-order valence-corrected chi connectivity index (χ4v) is 2.33. The highest BCUT2D eigenvalue weighted by Crippen LogP contribution is 2.12. The van der Waals surface area contributed by atoms with Crippen molar-refractivity contribution in [1.82, 2.24) is 0 Å². The molecular weight excluding hydrogens is 276 g/mol. The lowest BCUT2D eigenvalue weighted by Gasteiger charge is -2.07. The van der Waals surface area contributed by atoms with Gasteiger partial charge in [0.2, 0.25) is 0 Å². The third kappa shape index (κ3) is 4.68. The highest BCUT2D eigenvalue weighted by molar-refractivity contribution is 7.09. The maximum atomic E-state index is 10.7. The second kappa shape index (κ2) is 7.67. The van der Waals surface area contributed by atoms with E-state index in [1.165, 1.54) is 17.0 Å². The molecule has 0 atom stereocenters. The van der Waals surface area contributed by atoms with Crippen molar-refractivity contribution in [2.45, 2.75) is 6.42 Å². The number of carboxylic acids is 1. The van der Waals surface area contributed by atoms with Gasteiger partial charge in [-0.2, -0.15) is 0 Å². The summed E-state index contributed by atoms with van der Waals surface area (Å²) >= 11 is 1.73. The predicted octanol–water partition coefficient (Wildman–Crippen LogP) is 3.08. The summed E-state index contributed by atoms with van der Waals surface area (Å²) in [5.74, 6) is -0.287. The summed E-state index contributed by atoms with van der Waals surface area (Å²) in [6, 6.07) is 10.5. The van der Waals surface area contributed by atoms with Crippen molar-refractivity contribution in [3.05, 3.63) is 52.2 Å². The highest BCUT2D eigenvalue weighted by Gasteiger charge is 2.02. The Labute approximate surface area is 121 Å². The number of ether oxygens (including phenoxy) is 2. The van der Waals surface area contributed by atoms with E-state index in [-0.39, 0.29) is 5.56 Å². The lowest BCUT2D eigenvalue weighted by molar-refractivity contribution is 0.0696. The van der Waals surface area contributed by atoms with Gasteiger partial charge in [-0.3, -0.25) is 0 Å². The van der Waals surface area contributed by atoms with Gasteiger partial charge in [0, 0.05) is 11.3 Å². The van der Waals surface area contributed by atoms with Crippen LogP contribution in [0.25, 0.3) is 0 Å². The van der Waals surface area contributed by atoms with Crippen LogP contribution in [0.2, 0.25) is 0 Å². The minimum Gasteiger partial charge on any atom is -0.491 e. The van der Waals surface area contributed by atoms with Crippen LogP contribution in [0.4, 0.5) is 0 Å². The molecule has 0 aliphatic rings. The normalized spacial score (nSPS) is 10.4. The van der Waals surface area contributed by atoms with Gasteiger partial charge in [-0.1, -0.05) is 6.07 Å². The molecule has 20 heavy (non-hydrogen) atoms. The molecule has 2 rings (SSSR count). The van der Waals surface area contributed by atoms with Crippen molar-refractivity contribution in [2.75, 3.05) is 19.8 Å². The summed E-state index contributed by atoms with van der Waals surface area (Å²) in [5, 5.41) is 10.8. The Balaban J connectivity index is 1.59. The molecule has 4 nitrogen and oxygen atoms in total. The third-order valence-corrected chi connectivity index (χ3v) is 3.61. The Morgan fingerprint density at radius 2 is 1.90 bits per heavy atom. The zero-order valence-electron chi connectivity index (χ0n) is 11.0. The average molecular weight is 292 g/mol. The van der Waals surface area contributed by atoms with Crippen LogP contribution in [-0.2, 0) is 11.2 Å². The van der Waals surface area contributed by atoms with Crippen molar-refractivity contribution in [3.8, 4) is 5.75 Å². The van der Waals surface area contributed by atoms with Crippen molar-refractivity contribution in [3.63, 3.8) is 0 Å². The number of hydrogen-bond acceptors (Lipinski definition) is 4. The molecule has 0 unspecified atom stereocenters. The van der Waals surface area contributed by atoms with Gasteiger partial charge in [-0.05, 0) is 35.7 Å². The number of aromatic carboxylic acids is 1. The summed E-state index contributed by atoms with van der Waals surface area (Å²) in [7, 11) is 0. The molecule has 0 fully saturated rings. The molecule has 0 amide bonds. The summed E-state index contributed by atoms with van der Waals surface area (Å²) < 4.78 is 10.9. The molecular formula is C15H16O4S. The molecule has 1 N–H and O–H groups in total. The van der Waals surface area contributed by atoms with Gasteiger partial charge in [0.15, 0.2) is 0 Å². The van der Waals surface area contributed by atoms with E-state index < -0.39 is 5.97 Å². The molecule has 0 saturated carbocycles. The van der Waals surface area contributed by atoms with Crippen LogP contribution in [0, 0.1) is 0 Å². The van der Waals surface area contributed by atoms with Crippen LogP contribution < -0.4 is 4.74 Å². The van der Waals surface area contributed by atoms with Crippen molar-refractivity contribution >= 4 is 17.3 Å². The number of benzene rings is 1. The number of carbonyl (C=O) groups is 1. The second-order valence-corrected chi connectivity index (χ2v) is 5.15. The predicted molar refractivity (Wildman–Crippen MR) is 77.7 cm³/mol. The minimum atomic E-state index is -0.937. The summed E-state index contributed by atoms with van der Waals surface area (Å²) in [5.41, 5.74) is 0.254. The molecule has 1 aromatic heterocycles. The fraction of sp³-hybridized carbons (Fsp3) is 0.267. The molecule has 5 heteroatoms. The number of hydrogen-bond donors (Lipinski definition) is 1. The molecule has 0 saturated heterocycles. The van der Waals surface area contributed by atoms with Crippen LogP contribution >= 0.6 is 11.3 Å². The molecule has 0 bridgehead atoms. The van der Waals surface area contributed by atoms with E-state index in [2.05, 4.69) is 11.4 Å². The summed E-state index contributed by atoms with van der Waals surface area (Å²) in [6.07, 6.45) is 0.922. The Bertz CT molecular complexity index is 519. The van der Waals surface area contributed by atoms with Crippen molar-refractivity contribution in [2.24, 2.45) is 0 Å². The van der Waals surface area contributed by atoms with E-state index in [0.29, 0.717) is 25.6 Å². The lowest BCUT2D eigenvalue weighted by atomic mass is 10.2. The van der Waals surface area contributed by atoms with Crippen molar-refractivity contribution in [1.29, 1.82) is 0 Å². The quantitative estimate of drug-likeness (QED) is 0.760. The smallest absolute Gasteiger partial charge is 0.335 e. The average Bonchev–Trinajstić information content (AvgIpc) is 2.96. The lowest BCUT2D eigenvalue weighted by Crippen LogP contribution is -2.08. The van der Waals surface area contributed by atoms with E-state index in [1.807, 2.05) is 6.07 Å². The molecule has 1 heterocycles. The number of rotatable bonds is 8. The second-order valence-electron chi connectivity index (χ2n) is 4.12. The summed E-state index contributed by atoms with van der Waals surface area (Å²) in [6.45, 7) is 1.66. The first-order chi connectivity index (χ1) is 9.75. The monoisotopic (exact) mass is 292 g/mol. The van der Waals surface area contributed by atoms with E-state index >= 15 is 0 Å². The first kappa shape index (κ1) is 14.6. The highest BCUT2D eigenvalue weighted by atomic mass is 32.1. The Hall–Kier alpha value is -1.85. The Kier molecular flexibility index (Phi) is 5.58. The van der Waals surface area contributed by atoms with Crippen LogP contribution in [-0.4, -0.2) is 30.9 Å². The third-order valence-electron chi connectivity index (χ3n) is 2.67. The topological polar surface area (TPSA) is 55.8 Å². The molecule has 1 aromatic carbocycles. The Morgan fingerprint density at radius 3 is 2.55 bits per heavy atom. The van der Waals surface area contributed by atoms with Crippen LogP contribution in [0.5, 0.6) is 5.75 Å². The molecule has 0 radical (unpaired) electrons. The van der Waals surface area contributed by atoms with E-state index in [4.69, 9.17) is 14.6 Å². The van der Waals surface area contributed by atoms with Crippen LogP contribution in [0.1, 0.15) is 15.2 Å². The largest absolute Gasteiger partial charge is 0.491 e. The Morgan fingerprint density at radius 1 is 1.10 bits per heavy atom. The standard InChI is InChI=1S/C15H16O4S/c16-15(17)12-3-5-13(6-4-12)19-10-9-18-8-7-14-2-1-11-20-14/h1-6,11H,7-10H2,(H,16,17). The van der Waals surface area contributed by atoms with Crippen molar-refractivity contribution < 1.29 is 19.4 Å². The van der Waals surface area contributed by atoms with Gasteiger partial charge < -0.3 is 14.6 Å². The number of thiophene rings is 1. The molecule has 2 aromatic rings. The fourth-order valence-electron chi connectivity index (χ4n) is 1.64. The van der Waals surface area contributed by atoms with Gasteiger partial charge in [-0.25, -0.2) is 4.79 Å². The maximum absolute atomic E-state index is 10.7. The van der Waals surface area contributed by atoms with E-state index in [1.54, 1.807) is 23.5 Å². The van der Waals surface area contributed by atoms with E-state index in [9.17, 15) is 4.79 Å².